The number of thioether (sulfide) groups is 1. The fourth-order valence-electron chi connectivity index (χ4n) is 1.34. The lowest BCUT2D eigenvalue weighted by atomic mass is 10.1. The lowest BCUT2D eigenvalue weighted by Crippen LogP contribution is -2.26. The second-order valence-electron chi connectivity index (χ2n) is 3.32. The first-order valence-electron chi connectivity index (χ1n) is 4.67. The van der Waals surface area contributed by atoms with E-state index in [1.807, 2.05) is 40.8 Å². The number of benzene rings is 1. The van der Waals surface area contributed by atoms with Crippen LogP contribution in [0.1, 0.15) is 10.4 Å². The Morgan fingerprint density at radius 2 is 2.06 bits per heavy atom. The molecule has 0 aliphatic carbocycles. The molecule has 1 heterocycles. The van der Waals surface area contributed by atoms with Crippen molar-refractivity contribution < 1.29 is 4.79 Å². The molecule has 0 spiro atoms. The van der Waals surface area contributed by atoms with E-state index in [9.17, 15) is 4.79 Å². The van der Waals surface area contributed by atoms with Gasteiger partial charge >= 0.3 is 0 Å². The molecule has 0 saturated carbocycles. The average molecular weight is 363 g/mol. The van der Waals surface area contributed by atoms with E-state index in [2.05, 4.69) is 31.9 Å². The van der Waals surface area contributed by atoms with Crippen molar-refractivity contribution in [2.75, 3.05) is 6.54 Å². The van der Waals surface area contributed by atoms with E-state index in [0.29, 0.717) is 6.54 Å². The maximum Gasteiger partial charge on any atom is 0.182 e. The van der Waals surface area contributed by atoms with Gasteiger partial charge in [0.05, 0.1) is 6.54 Å². The largest absolute Gasteiger partial charge is 0.348 e. The Kier molecular flexibility index (Phi) is 4.10. The Balaban J connectivity index is 2.03. The van der Waals surface area contributed by atoms with Crippen molar-refractivity contribution in [2.24, 2.45) is 0 Å². The van der Waals surface area contributed by atoms with Crippen LogP contribution in [0.4, 0.5) is 0 Å². The molecule has 0 bridgehead atoms. The minimum absolute atomic E-state index is 0.129. The first-order valence-corrected chi connectivity index (χ1v) is 7.33. The van der Waals surface area contributed by atoms with Gasteiger partial charge in [-0.3, -0.25) is 4.79 Å². The van der Waals surface area contributed by atoms with Crippen LogP contribution in [0.15, 0.2) is 40.3 Å². The molecule has 1 aromatic rings. The van der Waals surface area contributed by atoms with E-state index < -0.39 is 0 Å². The highest BCUT2D eigenvalue weighted by Crippen LogP contribution is 2.29. The summed E-state index contributed by atoms with van der Waals surface area (Å²) in [7, 11) is 0. The molecule has 0 N–H and O–H groups in total. The summed E-state index contributed by atoms with van der Waals surface area (Å²) in [5, 5.41) is 1.98. The molecule has 2 nitrogen and oxygen atoms in total. The molecule has 16 heavy (non-hydrogen) atoms. The van der Waals surface area contributed by atoms with Gasteiger partial charge in [0.15, 0.2) is 5.78 Å². The van der Waals surface area contributed by atoms with Crippen molar-refractivity contribution in [2.45, 2.75) is 4.28 Å². The van der Waals surface area contributed by atoms with E-state index in [0.717, 1.165) is 10.0 Å². The van der Waals surface area contributed by atoms with E-state index in [1.165, 1.54) is 0 Å². The third-order valence-corrected chi connectivity index (χ3v) is 4.67. The number of hydrogen-bond acceptors (Lipinski definition) is 3. The number of hydrogen-bond donors (Lipinski definition) is 0. The van der Waals surface area contributed by atoms with Gasteiger partial charge in [0.1, 0.15) is 4.28 Å². The summed E-state index contributed by atoms with van der Waals surface area (Å²) >= 11 is 8.48. The number of carbonyl (C=O) groups is 1. The van der Waals surface area contributed by atoms with Crippen LogP contribution in [0.3, 0.4) is 0 Å². The van der Waals surface area contributed by atoms with Crippen LogP contribution in [0.25, 0.3) is 0 Å². The van der Waals surface area contributed by atoms with Crippen LogP contribution < -0.4 is 0 Å². The van der Waals surface area contributed by atoms with Gasteiger partial charge in [0, 0.05) is 16.2 Å². The maximum absolute atomic E-state index is 11.9. The Morgan fingerprint density at radius 3 is 2.62 bits per heavy atom. The minimum Gasteiger partial charge on any atom is -0.348 e. The topological polar surface area (TPSA) is 20.3 Å². The number of rotatable bonds is 3. The van der Waals surface area contributed by atoms with Crippen LogP contribution in [0, 0.1) is 0 Å². The van der Waals surface area contributed by atoms with Gasteiger partial charge in [0.25, 0.3) is 0 Å². The summed E-state index contributed by atoms with van der Waals surface area (Å²) in [5.41, 5.74) is 0.744. The molecule has 5 heteroatoms. The molecule has 0 aromatic heterocycles. The highest BCUT2D eigenvalue weighted by Gasteiger charge is 2.19. The van der Waals surface area contributed by atoms with Crippen molar-refractivity contribution in [1.82, 2.24) is 4.90 Å². The Hall–Kier alpha value is -0.260. The fraction of sp³-hybridized carbons (Fsp3) is 0.182. The van der Waals surface area contributed by atoms with Gasteiger partial charge in [-0.2, -0.15) is 0 Å². The molecule has 2 rings (SSSR count). The van der Waals surface area contributed by atoms with Crippen molar-refractivity contribution in [1.29, 1.82) is 0 Å². The predicted molar refractivity (Wildman–Crippen MR) is 74.6 cm³/mol. The van der Waals surface area contributed by atoms with Gasteiger partial charge in [-0.1, -0.05) is 55.8 Å². The van der Waals surface area contributed by atoms with E-state index in [1.54, 1.807) is 11.8 Å². The molecule has 1 aromatic carbocycles. The molecular formula is C11H9Br2NOS. The smallest absolute Gasteiger partial charge is 0.182 e. The first-order chi connectivity index (χ1) is 7.66. The molecular weight excluding hydrogens is 354 g/mol. The molecule has 0 fully saturated rings. The van der Waals surface area contributed by atoms with Crippen LogP contribution in [0.2, 0.25) is 0 Å². The van der Waals surface area contributed by atoms with Crippen LogP contribution in [-0.4, -0.2) is 21.5 Å². The minimum atomic E-state index is 0.129. The molecule has 0 amide bonds. The molecule has 1 atom stereocenters. The highest BCUT2D eigenvalue weighted by atomic mass is 79.9. The van der Waals surface area contributed by atoms with E-state index >= 15 is 0 Å². The van der Waals surface area contributed by atoms with Crippen LogP contribution in [0.5, 0.6) is 0 Å². The van der Waals surface area contributed by atoms with Gasteiger partial charge in [-0.25, -0.2) is 0 Å². The molecule has 1 aliphatic rings. The molecule has 1 aliphatic heterocycles. The lowest BCUT2D eigenvalue weighted by Gasteiger charge is -2.18. The van der Waals surface area contributed by atoms with Crippen LogP contribution >= 0.6 is 43.6 Å². The highest BCUT2D eigenvalue weighted by molar-refractivity contribution is 9.11. The van der Waals surface area contributed by atoms with Gasteiger partial charge < -0.3 is 4.90 Å². The van der Waals surface area contributed by atoms with E-state index in [-0.39, 0.29) is 10.1 Å². The Morgan fingerprint density at radius 1 is 1.38 bits per heavy atom. The Labute approximate surface area is 115 Å². The van der Waals surface area contributed by atoms with Crippen molar-refractivity contribution in [3.8, 4) is 0 Å². The third-order valence-electron chi connectivity index (χ3n) is 2.20. The van der Waals surface area contributed by atoms with Gasteiger partial charge in [-0.15, -0.1) is 0 Å². The number of ketones is 1. The third kappa shape index (κ3) is 2.90. The zero-order valence-electron chi connectivity index (χ0n) is 8.27. The number of nitrogens with zero attached hydrogens (tertiary/aromatic N) is 1. The number of carbonyl (C=O) groups excluding carboxylic acids is 1. The number of Topliss-reactive ketones (excluding diaryl/α,β-unsaturated/α-hetero) is 1. The maximum atomic E-state index is 11.9. The molecule has 1 unspecified atom stereocenters. The van der Waals surface area contributed by atoms with Gasteiger partial charge in [-0.05, 0) is 17.5 Å². The fourth-order valence-corrected chi connectivity index (χ4v) is 2.92. The standard InChI is InChI=1S/C11H9Br2NOS/c12-9-3-1-8(2-4-9)10(15)7-14-5-6-16-11(14)13/h1-6,11H,7H2. The van der Waals surface area contributed by atoms with Crippen molar-refractivity contribution in [3.05, 3.63) is 45.9 Å². The quantitative estimate of drug-likeness (QED) is 0.463. The van der Waals surface area contributed by atoms with Crippen LogP contribution in [-0.2, 0) is 0 Å². The van der Waals surface area contributed by atoms with Gasteiger partial charge in [0.2, 0.25) is 0 Å². The lowest BCUT2D eigenvalue weighted by molar-refractivity contribution is 0.0961. The summed E-state index contributed by atoms with van der Waals surface area (Å²) in [6.07, 6.45) is 1.93. The molecule has 84 valence electrons. The average Bonchev–Trinajstić information content (AvgIpc) is 2.65. The SMILES string of the molecule is O=C(CN1C=CSC1Br)c1ccc(Br)cc1. The summed E-state index contributed by atoms with van der Waals surface area (Å²) in [5.74, 6) is 0.129. The second-order valence-corrected chi connectivity index (χ2v) is 6.70. The number of halogens is 2. The normalized spacial score (nSPS) is 19.1. The Bertz CT molecular complexity index is 418. The second kappa shape index (κ2) is 5.38. The summed E-state index contributed by atoms with van der Waals surface area (Å²) in [6, 6.07) is 7.44. The zero-order chi connectivity index (χ0) is 11.5. The molecule has 0 saturated heterocycles. The van der Waals surface area contributed by atoms with E-state index in [4.69, 9.17) is 0 Å². The number of alkyl halides is 1. The predicted octanol–water partition coefficient (Wildman–Crippen LogP) is 3.83. The first kappa shape index (κ1) is 12.2. The summed E-state index contributed by atoms with van der Waals surface area (Å²) in [4.78, 5) is 13.9. The monoisotopic (exact) mass is 361 g/mol. The molecule has 0 radical (unpaired) electrons. The zero-order valence-corrected chi connectivity index (χ0v) is 12.3. The van der Waals surface area contributed by atoms with Crippen molar-refractivity contribution in [3.63, 3.8) is 0 Å². The van der Waals surface area contributed by atoms with Crippen molar-refractivity contribution >= 4 is 49.4 Å². The summed E-state index contributed by atoms with van der Waals surface area (Å²) < 4.78 is 1.16. The summed E-state index contributed by atoms with van der Waals surface area (Å²) in [6.45, 7) is 0.404.